The van der Waals surface area contributed by atoms with Gasteiger partial charge in [0.05, 0.1) is 19.1 Å². The molecule has 1 aromatic heterocycles. The van der Waals surface area contributed by atoms with Crippen molar-refractivity contribution in [3.63, 3.8) is 0 Å². The molecule has 11 heteroatoms. The number of hydrogen-bond donors (Lipinski definition) is 3. The summed E-state index contributed by atoms with van der Waals surface area (Å²) in [6, 6.07) is 0. The van der Waals surface area contributed by atoms with Gasteiger partial charge in [0, 0.05) is 0 Å². The first-order valence-electron chi connectivity index (χ1n) is 4.42. The van der Waals surface area contributed by atoms with Crippen molar-refractivity contribution < 1.29 is 24.0 Å². The Balaban J connectivity index is 3.03. The first-order valence-corrected chi connectivity index (χ1v) is 4.42. The molecule has 0 aliphatic rings. The maximum absolute atomic E-state index is 10.9. The maximum Gasteiger partial charge on any atom is 0.412 e. The second-order valence-electron chi connectivity index (χ2n) is 2.79. The van der Waals surface area contributed by atoms with Crippen LogP contribution in [0.3, 0.4) is 0 Å². The first-order chi connectivity index (χ1) is 8.49. The smallest absolute Gasteiger partial charge is 0.412 e. The summed E-state index contributed by atoms with van der Waals surface area (Å²) in [7, 11) is 2.17. The molecule has 18 heavy (non-hydrogen) atoms. The highest BCUT2D eigenvalue weighted by molar-refractivity contribution is 5.92. The molecule has 0 saturated carbocycles. The zero-order valence-electron chi connectivity index (χ0n) is 9.34. The third kappa shape index (κ3) is 2.84. The van der Waals surface area contributed by atoms with Gasteiger partial charge in [-0.15, -0.1) is 5.10 Å². The fourth-order valence-corrected chi connectivity index (χ4v) is 0.989. The summed E-state index contributed by atoms with van der Waals surface area (Å²) in [6.07, 6.45) is -1.86. The van der Waals surface area contributed by atoms with Crippen LogP contribution in [0.1, 0.15) is 0 Å². The second-order valence-corrected chi connectivity index (χ2v) is 2.79. The lowest BCUT2D eigenvalue weighted by molar-refractivity contribution is -0.383. The monoisotopic (exact) mass is 259 g/mol. The Kier molecular flexibility index (Phi) is 4.02. The van der Waals surface area contributed by atoms with Gasteiger partial charge in [-0.05, 0) is 0 Å². The van der Waals surface area contributed by atoms with Crippen LogP contribution in [0.2, 0.25) is 0 Å². The number of amides is 2. The van der Waals surface area contributed by atoms with Gasteiger partial charge in [0.25, 0.3) is 0 Å². The minimum absolute atomic E-state index is 0.321. The molecule has 0 spiro atoms. The molecule has 3 N–H and O–H groups in total. The molecule has 1 heterocycles. The summed E-state index contributed by atoms with van der Waals surface area (Å²) in [5, 5.41) is 20.5. The van der Waals surface area contributed by atoms with Crippen molar-refractivity contribution in [1.29, 1.82) is 0 Å². The Morgan fingerprint density at radius 3 is 2.33 bits per heavy atom. The van der Waals surface area contributed by atoms with E-state index in [1.54, 1.807) is 0 Å². The van der Waals surface area contributed by atoms with Crippen molar-refractivity contribution in [1.82, 2.24) is 10.2 Å². The number of aromatic nitrogens is 2. The van der Waals surface area contributed by atoms with E-state index in [0.29, 0.717) is 0 Å². The summed E-state index contributed by atoms with van der Waals surface area (Å²) in [5.74, 6) is -0.712. The predicted octanol–water partition coefficient (Wildman–Crippen LogP) is 0.674. The van der Waals surface area contributed by atoms with E-state index in [2.05, 4.69) is 19.7 Å². The molecular formula is C7H9N5O6. The van der Waals surface area contributed by atoms with Crippen molar-refractivity contribution in [2.24, 2.45) is 0 Å². The van der Waals surface area contributed by atoms with Gasteiger partial charge in [0.2, 0.25) is 11.6 Å². The van der Waals surface area contributed by atoms with Crippen molar-refractivity contribution >= 4 is 29.5 Å². The van der Waals surface area contributed by atoms with Crippen LogP contribution < -0.4 is 10.6 Å². The van der Waals surface area contributed by atoms with Crippen LogP contribution in [-0.2, 0) is 9.47 Å². The van der Waals surface area contributed by atoms with Gasteiger partial charge in [0.1, 0.15) is 0 Å². The van der Waals surface area contributed by atoms with E-state index in [9.17, 15) is 19.7 Å². The average molecular weight is 259 g/mol. The normalized spacial score (nSPS) is 9.44. The number of nitro groups is 1. The Bertz CT molecular complexity index is 447. The predicted molar refractivity (Wildman–Crippen MR) is 57.3 cm³/mol. The highest BCUT2D eigenvalue weighted by Crippen LogP contribution is 2.30. The highest BCUT2D eigenvalue weighted by atomic mass is 16.6. The number of nitrogens with zero attached hydrogens (tertiary/aromatic N) is 2. The summed E-state index contributed by atoms with van der Waals surface area (Å²) in [4.78, 5) is 31.8. The SMILES string of the molecule is COC(=O)Nc1n[nH]c(NC(=O)OC)c1[N+](=O)[O-]. The number of anilines is 2. The number of hydrogen-bond acceptors (Lipinski definition) is 7. The van der Waals surface area contributed by atoms with E-state index in [-0.39, 0.29) is 5.82 Å². The molecule has 11 nitrogen and oxygen atoms in total. The zero-order valence-corrected chi connectivity index (χ0v) is 9.34. The quantitative estimate of drug-likeness (QED) is 0.533. The number of carbonyl (C=O) groups excluding carboxylic acids is 2. The maximum atomic E-state index is 10.9. The third-order valence-corrected chi connectivity index (χ3v) is 1.74. The second kappa shape index (κ2) is 5.47. The molecule has 2 amide bonds. The largest absolute Gasteiger partial charge is 0.453 e. The van der Waals surface area contributed by atoms with Gasteiger partial charge < -0.3 is 9.47 Å². The van der Waals surface area contributed by atoms with Gasteiger partial charge in [-0.1, -0.05) is 0 Å². The van der Waals surface area contributed by atoms with Gasteiger partial charge in [0.15, 0.2) is 0 Å². The molecule has 1 aromatic rings. The van der Waals surface area contributed by atoms with E-state index in [0.717, 1.165) is 14.2 Å². The van der Waals surface area contributed by atoms with Crippen LogP contribution in [0.15, 0.2) is 0 Å². The number of methoxy groups -OCH3 is 2. The van der Waals surface area contributed by atoms with Crippen LogP contribution in [0.4, 0.5) is 26.9 Å². The van der Waals surface area contributed by atoms with Gasteiger partial charge in [-0.25, -0.2) is 9.59 Å². The van der Waals surface area contributed by atoms with Crippen LogP contribution in [0.25, 0.3) is 0 Å². The molecule has 98 valence electrons. The Morgan fingerprint density at radius 2 is 1.83 bits per heavy atom. The Morgan fingerprint density at radius 1 is 1.28 bits per heavy atom. The molecule has 0 bridgehead atoms. The fourth-order valence-electron chi connectivity index (χ4n) is 0.989. The van der Waals surface area contributed by atoms with E-state index in [1.807, 2.05) is 10.6 Å². The minimum Gasteiger partial charge on any atom is -0.453 e. The van der Waals surface area contributed by atoms with Crippen molar-refractivity contribution in [2.45, 2.75) is 0 Å². The Labute approximate surface area is 99.6 Å². The summed E-state index contributed by atoms with van der Waals surface area (Å²) < 4.78 is 8.53. The van der Waals surface area contributed by atoms with Crippen molar-refractivity contribution in [3.05, 3.63) is 10.1 Å². The standard InChI is InChI=1S/C7H9N5O6/c1-17-6(13)8-4-3(12(15)16)5(11-10-4)9-7(14)18-2/h1-2H3,(H3,8,9,10,11,13,14). The molecule has 0 saturated heterocycles. The highest BCUT2D eigenvalue weighted by Gasteiger charge is 2.27. The number of ether oxygens (including phenoxy) is 2. The molecule has 0 aromatic carbocycles. The van der Waals surface area contributed by atoms with Crippen molar-refractivity contribution in [3.8, 4) is 0 Å². The molecule has 0 aliphatic heterocycles. The molecule has 0 unspecified atom stereocenters. The number of H-pyrrole nitrogens is 1. The Hall–Kier alpha value is -2.85. The lowest BCUT2D eigenvalue weighted by atomic mass is 10.4. The molecule has 0 fully saturated rings. The van der Waals surface area contributed by atoms with E-state index < -0.39 is 28.6 Å². The van der Waals surface area contributed by atoms with Crippen LogP contribution in [0, 0.1) is 10.1 Å². The fraction of sp³-hybridized carbons (Fsp3) is 0.286. The molecule has 0 radical (unpaired) electrons. The number of carbonyl (C=O) groups is 2. The molecule has 0 atom stereocenters. The lowest BCUT2D eigenvalue weighted by Gasteiger charge is -2.00. The van der Waals surface area contributed by atoms with E-state index >= 15 is 0 Å². The van der Waals surface area contributed by atoms with Gasteiger partial charge >= 0.3 is 17.9 Å². The van der Waals surface area contributed by atoms with Gasteiger partial charge in [-0.2, -0.15) is 0 Å². The summed E-state index contributed by atoms with van der Waals surface area (Å²) in [5.41, 5.74) is -0.620. The number of aromatic amines is 1. The first kappa shape index (κ1) is 13.2. The summed E-state index contributed by atoms with van der Waals surface area (Å²) in [6.45, 7) is 0. The lowest BCUT2D eigenvalue weighted by Crippen LogP contribution is -2.14. The molecule has 0 aliphatic carbocycles. The number of rotatable bonds is 3. The van der Waals surface area contributed by atoms with Gasteiger partial charge in [-0.3, -0.25) is 25.8 Å². The minimum atomic E-state index is -0.936. The molecular weight excluding hydrogens is 250 g/mol. The van der Waals surface area contributed by atoms with Crippen LogP contribution >= 0.6 is 0 Å². The summed E-state index contributed by atoms with van der Waals surface area (Å²) >= 11 is 0. The zero-order chi connectivity index (χ0) is 13.7. The van der Waals surface area contributed by atoms with E-state index in [4.69, 9.17) is 0 Å². The number of nitrogens with one attached hydrogen (secondary N) is 3. The third-order valence-electron chi connectivity index (χ3n) is 1.74. The average Bonchev–Trinajstić information content (AvgIpc) is 2.71. The van der Waals surface area contributed by atoms with Crippen molar-refractivity contribution in [2.75, 3.05) is 24.9 Å². The van der Waals surface area contributed by atoms with Crippen LogP contribution in [0.5, 0.6) is 0 Å². The van der Waals surface area contributed by atoms with Crippen LogP contribution in [-0.4, -0.2) is 41.5 Å². The van der Waals surface area contributed by atoms with E-state index in [1.165, 1.54) is 0 Å². The topological polar surface area (TPSA) is 148 Å². The molecule has 1 rings (SSSR count).